The van der Waals surface area contributed by atoms with Crippen molar-refractivity contribution < 1.29 is 9.18 Å². The van der Waals surface area contributed by atoms with Gasteiger partial charge in [0.2, 0.25) is 5.91 Å². The molecule has 0 spiro atoms. The molecule has 144 valence electrons. The van der Waals surface area contributed by atoms with E-state index in [4.69, 9.17) is 5.26 Å². The summed E-state index contributed by atoms with van der Waals surface area (Å²) in [6, 6.07) is 8.94. The number of hydrogen-bond donors (Lipinski definition) is 1. The molecule has 5 heteroatoms. The Morgan fingerprint density at radius 3 is 2.59 bits per heavy atom. The zero-order valence-corrected chi connectivity index (χ0v) is 15.8. The van der Waals surface area contributed by atoms with E-state index in [-0.39, 0.29) is 24.2 Å². The molecule has 2 aliphatic rings. The largest absolute Gasteiger partial charge is 0.352 e. The molecule has 1 fully saturated rings. The Kier molecular flexibility index (Phi) is 7.00. The fourth-order valence-corrected chi connectivity index (χ4v) is 4.15. The lowest BCUT2D eigenvalue weighted by Crippen LogP contribution is -2.38. The summed E-state index contributed by atoms with van der Waals surface area (Å²) >= 11 is 0. The summed E-state index contributed by atoms with van der Waals surface area (Å²) in [7, 11) is 0. The van der Waals surface area contributed by atoms with Crippen molar-refractivity contribution in [1.82, 2.24) is 10.2 Å². The van der Waals surface area contributed by atoms with Gasteiger partial charge < -0.3 is 5.32 Å². The Morgan fingerprint density at radius 1 is 1.22 bits per heavy atom. The van der Waals surface area contributed by atoms with Gasteiger partial charge in [-0.3, -0.25) is 9.69 Å². The molecule has 0 atom stereocenters. The summed E-state index contributed by atoms with van der Waals surface area (Å²) in [5.41, 5.74) is 2.45. The summed E-state index contributed by atoms with van der Waals surface area (Å²) < 4.78 is 13.1. The normalized spacial score (nSPS) is 23.3. The summed E-state index contributed by atoms with van der Waals surface area (Å²) in [6.07, 6.45) is 8.82. The van der Waals surface area contributed by atoms with Crippen LogP contribution >= 0.6 is 0 Å². The molecule has 4 nitrogen and oxygen atoms in total. The van der Waals surface area contributed by atoms with E-state index in [9.17, 15) is 9.18 Å². The Labute approximate surface area is 161 Å². The summed E-state index contributed by atoms with van der Waals surface area (Å²) in [4.78, 5) is 14.0. The van der Waals surface area contributed by atoms with Gasteiger partial charge in [0.1, 0.15) is 12.2 Å². The smallest absolute Gasteiger partial charge is 0.234 e. The van der Waals surface area contributed by atoms with Crippen LogP contribution in [-0.2, 0) is 4.79 Å². The number of hydrogen-bond acceptors (Lipinski definition) is 3. The molecule has 1 aromatic rings. The lowest BCUT2D eigenvalue weighted by molar-refractivity contribution is -0.121. The van der Waals surface area contributed by atoms with Crippen molar-refractivity contribution >= 4 is 11.5 Å². The van der Waals surface area contributed by atoms with Crippen LogP contribution in [0.3, 0.4) is 0 Å². The Morgan fingerprint density at radius 2 is 1.96 bits per heavy atom. The molecule has 0 radical (unpaired) electrons. The number of rotatable bonds is 6. The predicted octanol–water partition coefficient (Wildman–Crippen LogP) is 3.89. The second-order valence-corrected chi connectivity index (χ2v) is 7.70. The minimum absolute atomic E-state index is 0.0394. The zero-order chi connectivity index (χ0) is 19.1. The van der Waals surface area contributed by atoms with Gasteiger partial charge in [-0.1, -0.05) is 18.2 Å². The molecular formula is C22H28FN3O. The van der Waals surface area contributed by atoms with Crippen LogP contribution in [0.1, 0.15) is 50.5 Å². The molecule has 0 unspecified atom stereocenters. The number of halogens is 1. The second kappa shape index (κ2) is 9.66. The summed E-state index contributed by atoms with van der Waals surface area (Å²) in [5.74, 6) is 0.408. The quantitative estimate of drug-likeness (QED) is 0.827. The van der Waals surface area contributed by atoms with E-state index in [1.807, 2.05) is 18.2 Å². The van der Waals surface area contributed by atoms with Gasteiger partial charge in [0.15, 0.2) is 0 Å². The van der Waals surface area contributed by atoms with Crippen LogP contribution in [0.15, 0.2) is 30.3 Å². The van der Waals surface area contributed by atoms with E-state index in [1.165, 1.54) is 24.1 Å². The Bertz CT molecular complexity index is 699. The lowest BCUT2D eigenvalue weighted by atomic mass is 9.84. The maximum Gasteiger partial charge on any atom is 0.234 e. The molecule has 1 aliphatic heterocycles. The molecule has 1 aromatic carbocycles. The van der Waals surface area contributed by atoms with Gasteiger partial charge >= 0.3 is 0 Å². The number of carbonyl (C=O) groups is 1. The predicted molar refractivity (Wildman–Crippen MR) is 104 cm³/mol. The number of amides is 1. The fourth-order valence-electron chi connectivity index (χ4n) is 4.15. The molecule has 1 amide bonds. The number of nitrogens with zero attached hydrogens (tertiary/aromatic N) is 2. The zero-order valence-electron chi connectivity index (χ0n) is 15.8. The van der Waals surface area contributed by atoms with Gasteiger partial charge in [0.25, 0.3) is 0 Å². The fraction of sp³-hybridized carbons (Fsp3) is 0.545. The lowest BCUT2D eigenvalue weighted by Gasteiger charge is -2.32. The molecule has 27 heavy (non-hydrogen) atoms. The van der Waals surface area contributed by atoms with E-state index < -0.39 is 0 Å². The summed E-state index contributed by atoms with van der Waals surface area (Å²) in [6.45, 7) is 3.14. The molecule has 0 saturated heterocycles. The standard InChI is InChI=1S/C22H28FN3O/c23-20-5-3-18(4-6-20)19-11-15-26(16-12-19)14-10-17-1-7-21(8-2-17)25-22(27)9-13-24/h3-6,11,17,21H,1-2,7-10,12,14-16H2,(H,25,27). The van der Waals surface area contributed by atoms with Crippen molar-refractivity contribution in [2.75, 3.05) is 19.6 Å². The highest BCUT2D eigenvalue weighted by molar-refractivity contribution is 5.78. The van der Waals surface area contributed by atoms with Crippen LogP contribution in [0, 0.1) is 23.1 Å². The third kappa shape index (κ3) is 5.90. The first kappa shape index (κ1) is 19.6. The minimum Gasteiger partial charge on any atom is -0.352 e. The maximum absolute atomic E-state index is 13.1. The molecule has 0 bridgehead atoms. The van der Waals surface area contributed by atoms with Crippen molar-refractivity contribution in [3.63, 3.8) is 0 Å². The van der Waals surface area contributed by atoms with E-state index in [0.29, 0.717) is 0 Å². The number of nitrogens with one attached hydrogen (secondary N) is 1. The molecule has 3 rings (SSSR count). The minimum atomic E-state index is -0.184. The first-order valence-electron chi connectivity index (χ1n) is 9.97. The van der Waals surface area contributed by atoms with Crippen molar-refractivity contribution in [3.8, 4) is 6.07 Å². The van der Waals surface area contributed by atoms with Gasteiger partial charge in [0.05, 0.1) is 6.07 Å². The van der Waals surface area contributed by atoms with Gasteiger partial charge in [-0.05, 0) is 74.3 Å². The number of carbonyl (C=O) groups excluding carboxylic acids is 1. The third-order valence-electron chi connectivity index (χ3n) is 5.81. The van der Waals surface area contributed by atoms with Crippen molar-refractivity contribution in [2.45, 2.75) is 51.0 Å². The van der Waals surface area contributed by atoms with Crippen LogP contribution in [0.2, 0.25) is 0 Å². The average molecular weight is 369 g/mol. The van der Waals surface area contributed by atoms with Crippen molar-refractivity contribution in [2.24, 2.45) is 5.92 Å². The van der Waals surface area contributed by atoms with Crippen LogP contribution < -0.4 is 5.32 Å². The van der Waals surface area contributed by atoms with Crippen LogP contribution in [0.25, 0.3) is 5.57 Å². The number of nitriles is 1. The first-order chi connectivity index (χ1) is 13.1. The summed E-state index contributed by atoms with van der Waals surface area (Å²) in [5, 5.41) is 11.5. The highest BCUT2D eigenvalue weighted by Gasteiger charge is 2.23. The van der Waals surface area contributed by atoms with E-state index in [0.717, 1.165) is 63.2 Å². The molecule has 1 saturated carbocycles. The van der Waals surface area contributed by atoms with Crippen molar-refractivity contribution in [3.05, 3.63) is 41.7 Å². The monoisotopic (exact) mass is 369 g/mol. The molecule has 1 N–H and O–H groups in total. The number of benzene rings is 1. The van der Waals surface area contributed by atoms with Gasteiger partial charge in [-0.2, -0.15) is 5.26 Å². The molecule has 0 aromatic heterocycles. The van der Waals surface area contributed by atoms with E-state index >= 15 is 0 Å². The van der Waals surface area contributed by atoms with Gasteiger partial charge in [-0.15, -0.1) is 0 Å². The van der Waals surface area contributed by atoms with E-state index in [1.54, 1.807) is 0 Å². The van der Waals surface area contributed by atoms with Crippen LogP contribution in [-0.4, -0.2) is 36.5 Å². The molecular weight excluding hydrogens is 341 g/mol. The maximum atomic E-state index is 13.1. The first-order valence-corrected chi connectivity index (χ1v) is 9.97. The second-order valence-electron chi connectivity index (χ2n) is 7.70. The Balaban J connectivity index is 1.36. The van der Waals surface area contributed by atoms with Crippen molar-refractivity contribution in [1.29, 1.82) is 5.26 Å². The molecule has 1 heterocycles. The molecule has 1 aliphatic carbocycles. The third-order valence-corrected chi connectivity index (χ3v) is 5.81. The average Bonchev–Trinajstić information content (AvgIpc) is 2.69. The van der Waals surface area contributed by atoms with Gasteiger partial charge in [-0.25, -0.2) is 4.39 Å². The van der Waals surface area contributed by atoms with E-state index in [2.05, 4.69) is 16.3 Å². The topological polar surface area (TPSA) is 56.1 Å². The highest BCUT2D eigenvalue weighted by atomic mass is 19.1. The van der Waals surface area contributed by atoms with Crippen LogP contribution in [0.4, 0.5) is 4.39 Å². The van der Waals surface area contributed by atoms with Crippen LogP contribution in [0.5, 0.6) is 0 Å². The Hall–Kier alpha value is -2.19. The highest BCUT2D eigenvalue weighted by Crippen LogP contribution is 2.28. The van der Waals surface area contributed by atoms with Gasteiger partial charge in [0, 0.05) is 19.1 Å². The SMILES string of the molecule is N#CCC(=O)NC1CCC(CCN2CC=C(c3ccc(F)cc3)CC2)CC1.